The third-order valence-electron chi connectivity index (χ3n) is 8.81. The first kappa shape index (κ1) is 23.7. The van der Waals surface area contributed by atoms with Gasteiger partial charge < -0.3 is 30.8 Å². The van der Waals surface area contributed by atoms with Gasteiger partial charge in [0.25, 0.3) is 0 Å². The summed E-state index contributed by atoms with van der Waals surface area (Å²) in [6.45, 7) is 4.98. The lowest BCUT2D eigenvalue weighted by Crippen LogP contribution is -2.51. The summed E-state index contributed by atoms with van der Waals surface area (Å²) in [4.78, 5) is 19.1. The zero-order valence-corrected chi connectivity index (χ0v) is 21.6. The second-order valence-electron chi connectivity index (χ2n) is 11.0. The Hall–Kier alpha value is -3.35. The van der Waals surface area contributed by atoms with Crippen molar-refractivity contribution in [2.45, 2.75) is 63.8 Å². The first-order chi connectivity index (χ1) is 18.6. The first-order valence-electron chi connectivity index (χ1n) is 13.6. The van der Waals surface area contributed by atoms with E-state index >= 15 is 0 Å². The number of aliphatic hydroxyl groups is 1. The molecule has 5 N–H and O–H groups in total. The van der Waals surface area contributed by atoms with Gasteiger partial charge in [0.2, 0.25) is 0 Å². The molecule has 1 unspecified atom stereocenters. The molecule has 7 heterocycles. The molecule has 12 nitrogen and oxygen atoms in total. The van der Waals surface area contributed by atoms with Crippen molar-refractivity contribution in [1.29, 1.82) is 0 Å². The van der Waals surface area contributed by atoms with Crippen LogP contribution in [0.25, 0.3) is 11.2 Å². The maximum Gasteiger partial charge on any atom is 0.183 e. The van der Waals surface area contributed by atoms with E-state index in [1.807, 2.05) is 6.21 Å². The number of piperidine rings is 1. The largest absolute Gasteiger partial charge is 0.390 e. The van der Waals surface area contributed by atoms with E-state index in [9.17, 15) is 5.11 Å². The predicted molar refractivity (Wildman–Crippen MR) is 143 cm³/mol. The second-order valence-corrected chi connectivity index (χ2v) is 11.0. The zero-order valence-electron chi connectivity index (χ0n) is 21.6. The fraction of sp³-hybridized carbons (Fsp3) is 0.577. The number of ether oxygens (including phenoxy) is 1. The molecule has 0 bridgehead atoms. The number of hydrazone groups is 1. The predicted octanol–water partition coefficient (Wildman–Crippen LogP) is 1.68. The molecule has 4 aliphatic heterocycles. The number of aliphatic hydroxyl groups excluding tert-OH is 1. The Morgan fingerprint density at radius 1 is 1.16 bits per heavy atom. The Balaban J connectivity index is 1.17. The van der Waals surface area contributed by atoms with Crippen LogP contribution in [-0.4, -0.2) is 74.9 Å². The van der Waals surface area contributed by atoms with Crippen molar-refractivity contribution in [1.82, 2.24) is 30.6 Å². The summed E-state index contributed by atoms with van der Waals surface area (Å²) < 4.78 is 5.88. The molecular weight excluding hydrogens is 484 g/mol. The highest BCUT2D eigenvalue weighted by Crippen LogP contribution is 2.42. The van der Waals surface area contributed by atoms with Crippen molar-refractivity contribution in [2.24, 2.45) is 16.3 Å². The quantitative estimate of drug-likeness (QED) is 0.401. The Kier molecular flexibility index (Phi) is 5.71. The maximum absolute atomic E-state index is 10.3. The summed E-state index contributed by atoms with van der Waals surface area (Å²) in [6.07, 6.45) is 6.56. The summed E-state index contributed by atoms with van der Waals surface area (Å²) in [5.74, 6) is 1.43. The Morgan fingerprint density at radius 3 is 2.76 bits per heavy atom. The van der Waals surface area contributed by atoms with Crippen LogP contribution in [0.15, 0.2) is 17.2 Å². The van der Waals surface area contributed by atoms with Gasteiger partial charge in [-0.15, -0.1) is 0 Å². The number of rotatable bonds is 4. The lowest BCUT2D eigenvalue weighted by molar-refractivity contribution is 0.0973. The number of anilines is 3. The zero-order chi connectivity index (χ0) is 25.9. The molecule has 4 aliphatic rings. The van der Waals surface area contributed by atoms with Gasteiger partial charge in [-0.05, 0) is 44.7 Å². The number of hydrogen-bond donors (Lipinski definition) is 4. The fourth-order valence-electron chi connectivity index (χ4n) is 6.46. The fourth-order valence-corrected chi connectivity index (χ4v) is 6.46. The SMILES string of the molecule is C[C@@H]1OCC2(CCN(c3nc4[nH]nc(N5CCCc6nc(C7CC=NN7)ccc65)c4nc3CO)CC2)[C@@H]1N. The van der Waals surface area contributed by atoms with Gasteiger partial charge in [-0.2, -0.15) is 10.2 Å². The molecule has 3 atom stereocenters. The number of nitrogens with two attached hydrogens (primary N) is 1. The highest BCUT2D eigenvalue weighted by molar-refractivity contribution is 5.88. The van der Waals surface area contributed by atoms with E-state index in [1.54, 1.807) is 0 Å². The molecule has 0 aromatic carbocycles. The number of nitrogens with zero attached hydrogens (tertiary/aromatic N) is 7. The first-order valence-corrected chi connectivity index (χ1v) is 13.6. The molecule has 3 aromatic rings. The van der Waals surface area contributed by atoms with Gasteiger partial charge in [-0.1, -0.05) is 0 Å². The molecule has 2 saturated heterocycles. The topological polar surface area (TPSA) is 154 Å². The van der Waals surface area contributed by atoms with Crippen LogP contribution in [0.2, 0.25) is 0 Å². The van der Waals surface area contributed by atoms with Crippen molar-refractivity contribution in [3.8, 4) is 0 Å². The molecule has 7 rings (SSSR count). The van der Waals surface area contributed by atoms with Crippen LogP contribution < -0.4 is 21.0 Å². The normalized spacial score (nSPS) is 26.3. The van der Waals surface area contributed by atoms with Crippen LogP contribution in [0.4, 0.5) is 17.3 Å². The number of H-pyrrole nitrogens is 1. The molecule has 2 fully saturated rings. The molecule has 200 valence electrons. The summed E-state index contributed by atoms with van der Waals surface area (Å²) in [6, 6.07) is 4.36. The molecule has 38 heavy (non-hydrogen) atoms. The van der Waals surface area contributed by atoms with Gasteiger partial charge in [-0.25, -0.2) is 9.97 Å². The third kappa shape index (κ3) is 3.73. The Morgan fingerprint density at radius 2 is 2.03 bits per heavy atom. The Bertz CT molecular complexity index is 1370. The van der Waals surface area contributed by atoms with Gasteiger partial charge in [0, 0.05) is 43.7 Å². The van der Waals surface area contributed by atoms with Crippen LogP contribution in [0.1, 0.15) is 55.7 Å². The number of aromatic amines is 1. The summed E-state index contributed by atoms with van der Waals surface area (Å²) >= 11 is 0. The van der Waals surface area contributed by atoms with Gasteiger partial charge in [-0.3, -0.25) is 10.1 Å². The second kappa shape index (κ2) is 9.14. The molecule has 0 aliphatic carbocycles. The average molecular weight is 519 g/mol. The average Bonchev–Trinajstić information content (AvgIpc) is 3.70. The van der Waals surface area contributed by atoms with E-state index in [4.69, 9.17) is 25.4 Å². The number of pyridine rings is 1. The highest BCUT2D eigenvalue weighted by Gasteiger charge is 2.47. The van der Waals surface area contributed by atoms with Crippen LogP contribution in [0.3, 0.4) is 0 Å². The standard InChI is InChI=1S/C26H34N10O2/c1-15-22(27)26(14-38-15)7-11-35(12-8-26)24-19(13-37)30-21-23(31-24)33-34-25(21)36-10-2-3-18-20(36)5-4-16(29-18)17-6-9-28-32-17/h4-5,9,15,17,22,32,37H,2-3,6-8,10-14,27H2,1H3,(H,31,33,34)/t15-,17?,22+/m0/s1. The smallest absolute Gasteiger partial charge is 0.183 e. The minimum Gasteiger partial charge on any atom is -0.390 e. The number of nitrogens with one attached hydrogen (secondary N) is 2. The van der Waals surface area contributed by atoms with E-state index in [1.165, 1.54) is 0 Å². The summed E-state index contributed by atoms with van der Waals surface area (Å²) in [5, 5.41) is 22.2. The molecule has 0 amide bonds. The van der Waals surface area contributed by atoms with E-state index in [0.717, 1.165) is 68.8 Å². The third-order valence-corrected chi connectivity index (χ3v) is 8.81. The summed E-state index contributed by atoms with van der Waals surface area (Å²) in [5.41, 5.74) is 14.6. The minimum absolute atomic E-state index is 0.0182. The van der Waals surface area contributed by atoms with Gasteiger partial charge in [0.1, 0.15) is 5.69 Å². The molecule has 0 radical (unpaired) electrons. The Labute approximate surface area is 220 Å². The maximum atomic E-state index is 10.3. The van der Waals surface area contributed by atoms with E-state index in [0.29, 0.717) is 35.1 Å². The monoisotopic (exact) mass is 518 g/mol. The lowest BCUT2D eigenvalue weighted by Gasteiger charge is -2.41. The molecular formula is C26H34N10O2. The minimum atomic E-state index is -0.192. The van der Waals surface area contributed by atoms with Crippen LogP contribution in [-0.2, 0) is 17.8 Å². The molecule has 3 aromatic heterocycles. The van der Waals surface area contributed by atoms with Crippen molar-refractivity contribution in [3.05, 3.63) is 29.2 Å². The van der Waals surface area contributed by atoms with Gasteiger partial charge >= 0.3 is 0 Å². The molecule has 1 spiro atoms. The van der Waals surface area contributed by atoms with Crippen LogP contribution >= 0.6 is 0 Å². The van der Waals surface area contributed by atoms with Crippen molar-refractivity contribution < 1.29 is 9.84 Å². The van der Waals surface area contributed by atoms with Gasteiger partial charge in [0.05, 0.1) is 42.4 Å². The van der Waals surface area contributed by atoms with Crippen LogP contribution in [0, 0.1) is 5.41 Å². The van der Waals surface area contributed by atoms with Crippen LogP contribution in [0.5, 0.6) is 0 Å². The highest BCUT2D eigenvalue weighted by atomic mass is 16.5. The number of fused-ring (bicyclic) bond motifs is 2. The van der Waals surface area contributed by atoms with E-state index in [-0.39, 0.29) is 30.2 Å². The number of hydrogen-bond acceptors (Lipinski definition) is 11. The lowest BCUT2D eigenvalue weighted by atomic mass is 9.73. The van der Waals surface area contributed by atoms with E-state index in [2.05, 4.69) is 49.6 Å². The number of aromatic nitrogens is 5. The van der Waals surface area contributed by atoms with E-state index < -0.39 is 0 Å². The van der Waals surface area contributed by atoms with Crippen molar-refractivity contribution >= 4 is 34.7 Å². The summed E-state index contributed by atoms with van der Waals surface area (Å²) in [7, 11) is 0. The molecule has 0 saturated carbocycles. The van der Waals surface area contributed by atoms with Crippen molar-refractivity contribution in [3.63, 3.8) is 0 Å². The molecule has 12 heteroatoms. The van der Waals surface area contributed by atoms with Gasteiger partial charge in [0.15, 0.2) is 22.8 Å². The number of aryl methyl sites for hydroxylation is 1. The van der Waals surface area contributed by atoms with Crippen molar-refractivity contribution in [2.75, 3.05) is 36.0 Å².